The molecule has 1 unspecified atom stereocenters. The van der Waals surface area contributed by atoms with Gasteiger partial charge in [0.15, 0.2) is 0 Å². The molecule has 0 radical (unpaired) electrons. The van der Waals surface area contributed by atoms with Crippen molar-refractivity contribution in [3.8, 4) is 0 Å². The van der Waals surface area contributed by atoms with Crippen LogP contribution in [0, 0.1) is 5.92 Å². The zero-order valence-electron chi connectivity index (χ0n) is 15.4. The van der Waals surface area contributed by atoms with Crippen molar-refractivity contribution in [2.24, 2.45) is 5.92 Å². The summed E-state index contributed by atoms with van der Waals surface area (Å²) in [5, 5.41) is 2.90. The predicted molar refractivity (Wildman–Crippen MR) is 98.1 cm³/mol. The summed E-state index contributed by atoms with van der Waals surface area (Å²) in [5.41, 5.74) is 3.34. The summed E-state index contributed by atoms with van der Waals surface area (Å²) in [5.74, 6) is 0.453. The number of hydrogen-bond donors (Lipinski definition) is 1. The second-order valence-electron chi connectivity index (χ2n) is 7.94. The Kier molecular flexibility index (Phi) is 4.58. The molecule has 0 spiro atoms. The van der Waals surface area contributed by atoms with E-state index in [1.807, 2.05) is 32.9 Å². The smallest absolute Gasteiger partial charge is 0.414 e. The van der Waals surface area contributed by atoms with Crippen molar-refractivity contribution < 1.29 is 14.3 Å². The van der Waals surface area contributed by atoms with Gasteiger partial charge in [0.25, 0.3) is 0 Å². The molecule has 1 aromatic rings. The fraction of sp³-hybridized carbons (Fsp3) is 0.500. The molecule has 1 atom stereocenters. The standard InChI is InChI=1S/C20H26N2O3/c1-13-5-9-17(22(12-13)19(24)25-20(2,3)4)15-6-8-16-14(11-15)7-10-18(23)21-16/h6,8-9,11,13H,5,7,10,12H2,1-4H3,(H,21,23). The SMILES string of the molecule is CC1CC=C(c2ccc3c(c2)CCC(=O)N3)N(C(=O)OC(C)(C)C)C1. The normalized spacial score (nSPS) is 20.5. The van der Waals surface area contributed by atoms with Gasteiger partial charge in [-0.05, 0) is 62.8 Å². The molecule has 0 aromatic heterocycles. The van der Waals surface area contributed by atoms with Crippen LogP contribution >= 0.6 is 0 Å². The molecular formula is C20H26N2O3. The zero-order valence-corrected chi connectivity index (χ0v) is 15.4. The Balaban J connectivity index is 1.90. The van der Waals surface area contributed by atoms with Gasteiger partial charge in [-0.3, -0.25) is 9.69 Å². The minimum Gasteiger partial charge on any atom is -0.443 e. The average Bonchev–Trinajstić information content (AvgIpc) is 2.52. The first-order valence-electron chi connectivity index (χ1n) is 8.87. The largest absolute Gasteiger partial charge is 0.443 e. The molecule has 134 valence electrons. The lowest BCUT2D eigenvalue weighted by atomic mass is 9.95. The molecule has 5 nitrogen and oxygen atoms in total. The maximum Gasteiger partial charge on any atom is 0.414 e. The maximum atomic E-state index is 12.7. The van der Waals surface area contributed by atoms with Crippen molar-refractivity contribution in [2.45, 2.75) is 52.6 Å². The lowest BCUT2D eigenvalue weighted by Crippen LogP contribution is -2.39. The van der Waals surface area contributed by atoms with Gasteiger partial charge in [0, 0.05) is 18.7 Å². The van der Waals surface area contributed by atoms with Gasteiger partial charge in [0.2, 0.25) is 5.91 Å². The van der Waals surface area contributed by atoms with E-state index in [0.717, 1.165) is 35.4 Å². The summed E-state index contributed by atoms with van der Waals surface area (Å²) >= 11 is 0. The minimum absolute atomic E-state index is 0.0568. The number of benzene rings is 1. The molecule has 1 aromatic carbocycles. The van der Waals surface area contributed by atoms with Crippen LogP contribution in [0.15, 0.2) is 24.3 Å². The number of carbonyl (C=O) groups excluding carboxylic acids is 2. The molecule has 0 aliphatic carbocycles. The Hall–Kier alpha value is -2.30. The Labute approximate surface area is 149 Å². The summed E-state index contributed by atoms with van der Waals surface area (Å²) < 4.78 is 5.59. The highest BCUT2D eigenvalue weighted by Crippen LogP contribution is 2.32. The number of nitrogens with zero attached hydrogens (tertiary/aromatic N) is 1. The highest BCUT2D eigenvalue weighted by molar-refractivity contribution is 5.94. The fourth-order valence-electron chi connectivity index (χ4n) is 3.21. The summed E-state index contributed by atoms with van der Waals surface area (Å²) in [6, 6.07) is 5.96. The minimum atomic E-state index is -0.525. The Bertz CT molecular complexity index is 731. The maximum absolute atomic E-state index is 12.7. The van der Waals surface area contributed by atoms with Crippen LogP contribution in [0.2, 0.25) is 0 Å². The number of fused-ring (bicyclic) bond motifs is 1. The van der Waals surface area contributed by atoms with E-state index < -0.39 is 5.60 Å². The Morgan fingerprint density at radius 2 is 2.04 bits per heavy atom. The lowest BCUT2D eigenvalue weighted by molar-refractivity contribution is -0.116. The van der Waals surface area contributed by atoms with Crippen LogP contribution in [-0.2, 0) is 16.0 Å². The third-order valence-corrected chi connectivity index (χ3v) is 4.41. The van der Waals surface area contributed by atoms with Gasteiger partial charge in [-0.2, -0.15) is 0 Å². The van der Waals surface area contributed by atoms with Gasteiger partial charge in [0.05, 0.1) is 5.70 Å². The van der Waals surface area contributed by atoms with Crippen LogP contribution in [-0.4, -0.2) is 29.0 Å². The van der Waals surface area contributed by atoms with Gasteiger partial charge in [-0.15, -0.1) is 0 Å². The summed E-state index contributed by atoms with van der Waals surface area (Å²) in [6.07, 6.45) is 3.97. The van der Waals surface area contributed by atoms with Crippen LogP contribution in [0.3, 0.4) is 0 Å². The third kappa shape index (κ3) is 4.03. The van der Waals surface area contributed by atoms with Crippen molar-refractivity contribution in [1.82, 2.24) is 4.90 Å². The van der Waals surface area contributed by atoms with Crippen molar-refractivity contribution in [3.63, 3.8) is 0 Å². The summed E-state index contributed by atoms with van der Waals surface area (Å²) in [7, 11) is 0. The number of hydrogen-bond acceptors (Lipinski definition) is 3. The number of anilines is 1. The topological polar surface area (TPSA) is 58.6 Å². The number of allylic oxidation sites excluding steroid dienone is 1. The molecular weight excluding hydrogens is 316 g/mol. The predicted octanol–water partition coefficient (Wildman–Crippen LogP) is 4.19. The molecule has 0 fully saturated rings. The molecule has 25 heavy (non-hydrogen) atoms. The second-order valence-corrected chi connectivity index (χ2v) is 7.94. The van der Waals surface area contributed by atoms with Gasteiger partial charge >= 0.3 is 6.09 Å². The second kappa shape index (κ2) is 6.54. The van der Waals surface area contributed by atoms with Crippen LogP contribution in [0.4, 0.5) is 10.5 Å². The molecule has 2 heterocycles. The van der Waals surface area contributed by atoms with E-state index >= 15 is 0 Å². The average molecular weight is 342 g/mol. The molecule has 0 saturated heterocycles. The van der Waals surface area contributed by atoms with Crippen LogP contribution < -0.4 is 5.32 Å². The number of rotatable bonds is 1. The number of nitrogens with one attached hydrogen (secondary N) is 1. The molecule has 0 bridgehead atoms. The number of ether oxygens (including phenoxy) is 1. The number of aryl methyl sites for hydroxylation is 1. The van der Waals surface area contributed by atoms with Crippen LogP contribution in [0.25, 0.3) is 5.70 Å². The number of amides is 2. The van der Waals surface area contributed by atoms with E-state index in [2.05, 4.69) is 24.4 Å². The first kappa shape index (κ1) is 17.5. The van der Waals surface area contributed by atoms with E-state index in [1.54, 1.807) is 4.90 Å². The van der Waals surface area contributed by atoms with E-state index in [1.165, 1.54) is 0 Å². The van der Waals surface area contributed by atoms with E-state index in [4.69, 9.17) is 4.74 Å². The Morgan fingerprint density at radius 1 is 1.28 bits per heavy atom. The quantitative estimate of drug-likeness (QED) is 0.832. The van der Waals surface area contributed by atoms with Gasteiger partial charge in [0.1, 0.15) is 5.60 Å². The third-order valence-electron chi connectivity index (χ3n) is 4.41. The van der Waals surface area contributed by atoms with Gasteiger partial charge in [-0.1, -0.05) is 19.1 Å². The highest BCUT2D eigenvalue weighted by atomic mass is 16.6. The molecule has 2 aliphatic rings. The number of carbonyl (C=O) groups is 2. The monoisotopic (exact) mass is 342 g/mol. The molecule has 3 rings (SSSR count). The fourth-order valence-corrected chi connectivity index (χ4v) is 3.21. The van der Waals surface area contributed by atoms with Crippen molar-refractivity contribution in [1.29, 1.82) is 0 Å². The van der Waals surface area contributed by atoms with E-state index in [0.29, 0.717) is 18.9 Å². The molecule has 5 heteroatoms. The van der Waals surface area contributed by atoms with E-state index in [9.17, 15) is 9.59 Å². The lowest BCUT2D eigenvalue weighted by Gasteiger charge is -2.34. The van der Waals surface area contributed by atoms with Crippen LogP contribution in [0.1, 0.15) is 51.7 Å². The molecule has 1 N–H and O–H groups in total. The highest BCUT2D eigenvalue weighted by Gasteiger charge is 2.29. The van der Waals surface area contributed by atoms with E-state index in [-0.39, 0.29) is 12.0 Å². The van der Waals surface area contributed by atoms with Crippen molar-refractivity contribution in [3.05, 3.63) is 35.4 Å². The first-order valence-corrected chi connectivity index (χ1v) is 8.87. The Morgan fingerprint density at radius 3 is 2.76 bits per heavy atom. The van der Waals surface area contributed by atoms with Crippen molar-refractivity contribution in [2.75, 3.05) is 11.9 Å². The summed E-state index contributed by atoms with van der Waals surface area (Å²) in [6.45, 7) is 8.41. The molecule has 2 amide bonds. The first-order chi connectivity index (χ1) is 11.7. The van der Waals surface area contributed by atoms with Gasteiger partial charge in [-0.25, -0.2) is 4.79 Å². The van der Waals surface area contributed by atoms with Crippen LogP contribution in [0.5, 0.6) is 0 Å². The molecule has 0 saturated carbocycles. The zero-order chi connectivity index (χ0) is 18.2. The van der Waals surface area contributed by atoms with Crippen molar-refractivity contribution >= 4 is 23.4 Å². The molecule has 2 aliphatic heterocycles. The summed E-state index contributed by atoms with van der Waals surface area (Å²) in [4.78, 5) is 26.0. The van der Waals surface area contributed by atoms with Gasteiger partial charge < -0.3 is 10.1 Å².